The number of hydrogen-bond donors (Lipinski definition) is 0. The standard InChI is InChI=1S/C17H15Cl3N2O/c18-13-4-1-3-12(11-13)17(23)22-9-7-21(8-10-22)16-14(19)5-2-6-15(16)20/h1-6,11H,7-10H2. The van der Waals surface area contributed by atoms with E-state index in [0.29, 0.717) is 46.8 Å². The minimum atomic E-state index is -0.00240. The summed E-state index contributed by atoms with van der Waals surface area (Å²) in [7, 11) is 0. The van der Waals surface area contributed by atoms with Gasteiger partial charge in [-0.05, 0) is 30.3 Å². The van der Waals surface area contributed by atoms with E-state index < -0.39 is 0 Å². The molecular formula is C17H15Cl3N2O. The van der Waals surface area contributed by atoms with Gasteiger partial charge in [0.05, 0.1) is 15.7 Å². The lowest BCUT2D eigenvalue weighted by atomic mass is 10.1. The van der Waals surface area contributed by atoms with Crippen LogP contribution >= 0.6 is 34.8 Å². The van der Waals surface area contributed by atoms with Gasteiger partial charge >= 0.3 is 0 Å². The average molecular weight is 370 g/mol. The molecule has 1 aliphatic rings. The van der Waals surface area contributed by atoms with Crippen molar-refractivity contribution in [3.63, 3.8) is 0 Å². The molecule has 120 valence electrons. The van der Waals surface area contributed by atoms with Gasteiger partial charge in [-0.3, -0.25) is 4.79 Å². The van der Waals surface area contributed by atoms with Gasteiger partial charge in [-0.1, -0.05) is 46.9 Å². The molecule has 6 heteroatoms. The van der Waals surface area contributed by atoms with Crippen LogP contribution < -0.4 is 4.90 Å². The fourth-order valence-electron chi connectivity index (χ4n) is 2.73. The second-order valence-electron chi connectivity index (χ2n) is 5.36. The zero-order valence-electron chi connectivity index (χ0n) is 12.3. The molecule has 3 nitrogen and oxygen atoms in total. The predicted octanol–water partition coefficient (Wildman–Crippen LogP) is 4.61. The molecule has 0 radical (unpaired) electrons. The molecule has 1 aliphatic heterocycles. The summed E-state index contributed by atoms with van der Waals surface area (Å²) in [6.45, 7) is 2.62. The maximum absolute atomic E-state index is 12.5. The number of nitrogens with zero attached hydrogens (tertiary/aromatic N) is 2. The molecule has 1 heterocycles. The number of piperazine rings is 1. The first kappa shape index (κ1) is 16.4. The van der Waals surface area contributed by atoms with Gasteiger partial charge in [-0.2, -0.15) is 0 Å². The van der Waals surface area contributed by atoms with E-state index in [1.54, 1.807) is 24.3 Å². The third kappa shape index (κ3) is 3.57. The van der Waals surface area contributed by atoms with E-state index in [0.717, 1.165) is 5.69 Å². The highest BCUT2D eigenvalue weighted by atomic mass is 35.5. The van der Waals surface area contributed by atoms with Crippen molar-refractivity contribution in [3.05, 3.63) is 63.1 Å². The van der Waals surface area contributed by atoms with Gasteiger partial charge in [0, 0.05) is 36.8 Å². The van der Waals surface area contributed by atoms with E-state index in [1.807, 2.05) is 23.1 Å². The minimum absolute atomic E-state index is 0.00240. The summed E-state index contributed by atoms with van der Waals surface area (Å²) in [5, 5.41) is 1.83. The summed E-state index contributed by atoms with van der Waals surface area (Å²) in [4.78, 5) is 16.5. The van der Waals surface area contributed by atoms with Gasteiger partial charge in [0.2, 0.25) is 0 Å². The highest BCUT2D eigenvalue weighted by Crippen LogP contribution is 2.34. The molecule has 1 amide bonds. The molecule has 0 unspecified atom stereocenters. The zero-order chi connectivity index (χ0) is 16.4. The number of carbonyl (C=O) groups excluding carboxylic acids is 1. The Balaban J connectivity index is 1.70. The van der Waals surface area contributed by atoms with E-state index in [1.165, 1.54) is 0 Å². The quantitative estimate of drug-likeness (QED) is 0.772. The molecule has 0 aliphatic carbocycles. The van der Waals surface area contributed by atoms with Crippen LogP contribution in [0.5, 0.6) is 0 Å². The van der Waals surface area contributed by atoms with Crippen LogP contribution in [0.1, 0.15) is 10.4 Å². The fourth-order valence-corrected chi connectivity index (χ4v) is 3.56. The predicted molar refractivity (Wildman–Crippen MR) is 96.0 cm³/mol. The normalized spacial score (nSPS) is 14.9. The van der Waals surface area contributed by atoms with Crippen LogP contribution in [0.2, 0.25) is 15.1 Å². The molecule has 2 aromatic rings. The van der Waals surface area contributed by atoms with Crippen LogP contribution in [0.25, 0.3) is 0 Å². The molecular weight excluding hydrogens is 355 g/mol. The average Bonchev–Trinajstić information content (AvgIpc) is 2.55. The Morgan fingerprint density at radius 3 is 2.09 bits per heavy atom. The van der Waals surface area contributed by atoms with E-state index >= 15 is 0 Å². The SMILES string of the molecule is O=C(c1cccc(Cl)c1)N1CCN(c2c(Cl)cccc2Cl)CC1. The largest absolute Gasteiger partial charge is 0.366 e. The number of halogens is 3. The van der Waals surface area contributed by atoms with E-state index in [-0.39, 0.29) is 5.91 Å². The van der Waals surface area contributed by atoms with Crippen molar-refractivity contribution in [3.8, 4) is 0 Å². The summed E-state index contributed by atoms with van der Waals surface area (Å²) in [5.74, 6) is -0.00240. The van der Waals surface area contributed by atoms with Crippen LogP contribution in [0.4, 0.5) is 5.69 Å². The number of amides is 1. The lowest BCUT2D eigenvalue weighted by molar-refractivity contribution is 0.0747. The molecule has 0 N–H and O–H groups in total. The summed E-state index contributed by atoms with van der Waals surface area (Å²) in [6, 6.07) is 12.5. The van der Waals surface area contributed by atoms with Crippen molar-refractivity contribution in [2.24, 2.45) is 0 Å². The fraction of sp³-hybridized carbons (Fsp3) is 0.235. The molecule has 0 saturated carbocycles. The van der Waals surface area contributed by atoms with Crippen LogP contribution in [-0.2, 0) is 0 Å². The minimum Gasteiger partial charge on any atom is -0.366 e. The number of carbonyl (C=O) groups is 1. The highest BCUT2D eigenvalue weighted by molar-refractivity contribution is 6.39. The van der Waals surface area contributed by atoms with Crippen LogP contribution in [0.15, 0.2) is 42.5 Å². The van der Waals surface area contributed by atoms with Crippen LogP contribution in [0, 0.1) is 0 Å². The summed E-state index contributed by atoms with van der Waals surface area (Å²) in [5.41, 5.74) is 1.45. The number of rotatable bonds is 2. The molecule has 23 heavy (non-hydrogen) atoms. The van der Waals surface area contributed by atoms with Crippen LogP contribution in [0.3, 0.4) is 0 Å². The maximum atomic E-state index is 12.5. The molecule has 1 saturated heterocycles. The summed E-state index contributed by atoms with van der Waals surface area (Å²) >= 11 is 18.5. The Kier molecular flexibility index (Phi) is 5.00. The molecule has 3 rings (SSSR count). The number of anilines is 1. The summed E-state index contributed by atoms with van der Waals surface area (Å²) in [6.07, 6.45) is 0. The lowest BCUT2D eigenvalue weighted by Crippen LogP contribution is -2.49. The Bertz CT molecular complexity index is 707. The third-order valence-corrected chi connectivity index (χ3v) is 4.74. The Morgan fingerprint density at radius 2 is 1.48 bits per heavy atom. The van der Waals surface area contributed by atoms with Crippen molar-refractivity contribution >= 4 is 46.4 Å². The van der Waals surface area contributed by atoms with Crippen LogP contribution in [-0.4, -0.2) is 37.0 Å². The number of para-hydroxylation sites is 1. The lowest BCUT2D eigenvalue weighted by Gasteiger charge is -2.37. The van der Waals surface area contributed by atoms with E-state index in [2.05, 4.69) is 4.90 Å². The van der Waals surface area contributed by atoms with Gasteiger partial charge in [0.25, 0.3) is 5.91 Å². The first-order chi connectivity index (χ1) is 11.1. The molecule has 0 aromatic heterocycles. The first-order valence-electron chi connectivity index (χ1n) is 7.30. The molecule has 0 bridgehead atoms. The molecule has 0 spiro atoms. The van der Waals surface area contributed by atoms with Gasteiger partial charge in [0.1, 0.15) is 0 Å². The topological polar surface area (TPSA) is 23.6 Å². The van der Waals surface area contributed by atoms with Gasteiger partial charge in [-0.15, -0.1) is 0 Å². The number of hydrogen-bond acceptors (Lipinski definition) is 2. The van der Waals surface area contributed by atoms with E-state index in [9.17, 15) is 4.79 Å². The maximum Gasteiger partial charge on any atom is 0.254 e. The first-order valence-corrected chi connectivity index (χ1v) is 8.43. The number of benzene rings is 2. The smallest absolute Gasteiger partial charge is 0.254 e. The Hall–Kier alpha value is -1.42. The highest BCUT2D eigenvalue weighted by Gasteiger charge is 2.24. The van der Waals surface area contributed by atoms with Crippen molar-refractivity contribution < 1.29 is 4.79 Å². The molecule has 0 atom stereocenters. The second-order valence-corrected chi connectivity index (χ2v) is 6.61. The second kappa shape index (κ2) is 7.00. The monoisotopic (exact) mass is 368 g/mol. The zero-order valence-corrected chi connectivity index (χ0v) is 14.6. The van der Waals surface area contributed by atoms with Gasteiger partial charge in [-0.25, -0.2) is 0 Å². The van der Waals surface area contributed by atoms with Crippen molar-refractivity contribution in [2.45, 2.75) is 0 Å². The van der Waals surface area contributed by atoms with Crippen molar-refractivity contribution in [2.75, 3.05) is 31.1 Å². The van der Waals surface area contributed by atoms with Crippen molar-refractivity contribution in [1.29, 1.82) is 0 Å². The third-order valence-electron chi connectivity index (χ3n) is 3.89. The summed E-state index contributed by atoms with van der Waals surface area (Å²) < 4.78 is 0. The van der Waals surface area contributed by atoms with Crippen molar-refractivity contribution in [1.82, 2.24) is 4.90 Å². The molecule has 2 aromatic carbocycles. The van der Waals surface area contributed by atoms with Gasteiger partial charge in [0.15, 0.2) is 0 Å². The Labute approximate surface area is 150 Å². The Morgan fingerprint density at radius 1 is 0.870 bits per heavy atom. The van der Waals surface area contributed by atoms with E-state index in [4.69, 9.17) is 34.8 Å². The molecule has 1 fully saturated rings. The van der Waals surface area contributed by atoms with Gasteiger partial charge < -0.3 is 9.80 Å².